The molecule has 1 amide bonds. The Kier molecular flexibility index (Phi) is 3.99. The van der Waals surface area contributed by atoms with Crippen LogP contribution in [0, 0.1) is 0 Å². The van der Waals surface area contributed by atoms with Gasteiger partial charge in [-0.1, -0.05) is 53.5 Å². The fourth-order valence-electron chi connectivity index (χ4n) is 1.26. The smallest absolute Gasteiger partial charge is 0.264 e. The standard InChI is InChI=1S/C11H8Cl2N2OS/c12-8-9(17-15-10(8)13)11(16)14-6-7-4-2-1-3-5-7/h1-5H,6H2,(H,14,16). The first-order chi connectivity index (χ1) is 8.18. The highest BCUT2D eigenvalue weighted by atomic mass is 35.5. The van der Waals surface area contributed by atoms with Crippen molar-refractivity contribution >= 4 is 40.6 Å². The van der Waals surface area contributed by atoms with Crippen molar-refractivity contribution in [1.29, 1.82) is 0 Å². The lowest BCUT2D eigenvalue weighted by molar-refractivity contribution is 0.0955. The van der Waals surface area contributed by atoms with Crippen LogP contribution in [0.4, 0.5) is 0 Å². The molecule has 1 heterocycles. The van der Waals surface area contributed by atoms with Crippen molar-refractivity contribution in [2.24, 2.45) is 0 Å². The monoisotopic (exact) mass is 286 g/mol. The molecule has 0 atom stereocenters. The number of benzene rings is 1. The largest absolute Gasteiger partial charge is 0.347 e. The SMILES string of the molecule is O=C(NCc1ccccc1)c1snc(Cl)c1Cl. The van der Waals surface area contributed by atoms with E-state index in [1.807, 2.05) is 30.3 Å². The predicted octanol–water partition coefficient (Wildman–Crippen LogP) is 3.38. The number of halogens is 2. The molecule has 0 aliphatic rings. The van der Waals surface area contributed by atoms with E-state index in [4.69, 9.17) is 23.2 Å². The third-order valence-corrected chi connectivity index (χ3v) is 3.90. The molecule has 0 unspecified atom stereocenters. The molecule has 0 aliphatic carbocycles. The van der Waals surface area contributed by atoms with Crippen LogP contribution in [0.25, 0.3) is 0 Å². The van der Waals surface area contributed by atoms with Crippen LogP contribution in [0.3, 0.4) is 0 Å². The summed E-state index contributed by atoms with van der Waals surface area (Å²) in [5.74, 6) is -0.261. The second-order valence-electron chi connectivity index (χ2n) is 3.28. The summed E-state index contributed by atoms with van der Waals surface area (Å²) in [5.41, 5.74) is 1.02. The Morgan fingerprint density at radius 3 is 2.59 bits per heavy atom. The van der Waals surface area contributed by atoms with Crippen LogP contribution < -0.4 is 5.32 Å². The maximum atomic E-state index is 11.8. The van der Waals surface area contributed by atoms with Crippen LogP contribution in [0.15, 0.2) is 30.3 Å². The average molecular weight is 287 g/mol. The summed E-state index contributed by atoms with van der Waals surface area (Å²) >= 11 is 12.5. The molecule has 0 saturated heterocycles. The molecule has 3 nitrogen and oxygen atoms in total. The molecule has 0 spiro atoms. The number of carbonyl (C=O) groups is 1. The van der Waals surface area contributed by atoms with Crippen molar-refractivity contribution in [3.63, 3.8) is 0 Å². The van der Waals surface area contributed by atoms with E-state index >= 15 is 0 Å². The predicted molar refractivity (Wildman–Crippen MR) is 69.7 cm³/mol. The van der Waals surface area contributed by atoms with Gasteiger partial charge in [-0.05, 0) is 17.1 Å². The van der Waals surface area contributed by atoms with E-state index in [0.717, 1.165) is 17.1 Å². The Labute approximate surface area is 113 Å². The van der Waals surface area contributed by atoms with Crippen LogP contribution in [-0.2, 0) is 6.54 Å². The quantitative estimate of drug-likeness (QED) is 0.940. The van der Waals surface area contributed by atoms with E-state index in [1.54, 1.807) is 0 Å². The summed E-state index contributed by atoms with van der Waals surface area (Å²) < 4.78 is 3.81. The molecule has 1 aromatic heterocycles. The van der Waals surface area contributed by atoms with Crippen molar-refractivity contribution in [1.82, 2.24) is 9.69 Å². The minimum absolute atomic E-state index is 0.168. The van der Waals surface area contributed by atoms with Gasteiger partial charge in [0.05, 0.1) is 0 Å². The number of carbonyl (C=O) groups excluding carboxylic acids is 1. The van der Waals surface area contributed by atoms with E-state index in [-0.39, 0.29) is 16.1 Å². The molecule has 0 fully saturated rings. The lowest BCUT2D eigenvalue weighted by Gasteiger charge is -2.03. The number of hydrogen-bond acceptors (Lipinski definition) is 3. The summed E-state index contributed by atoms with van der Waals surface area (Å²) in [6.07, 6.45) is 0. The molecule has 6 heteroatoms. The Hall–Kier alpha value is -1.10. The summed E-state index contributed by atoms with van der Waals surface area (Å²) in [6.45, 7) is 0.450. The van der Waals surface area contributed by atoms with Crippen molar-refractivity contribution in [2.75, 3.05) is 0 Å². The molecular weight excluding hydrogens is 279 g/mol. The van der Waals surface area contributed by atoms with E-state index in [1.165, 1.54) is 0 Å². The molecule has 1 aromatic carbocycles. The Balaban J connectivity index is 2.01. The van der Waals surface area contributed by atoms with Crippen LogP contribution in [-0.4, -0.2) is 10.3 Å². The van der Waals surface area contributed by atoms with Crippen molar-refractivity contribution in [2.45, 2.75) is 6.54 Å². The topological polar surface area (TPSA) is 42.0 Å². The normalized spacial score (nSPS) is 10.2. The minimum atomic E-state index is -0.261. The molecule has 0 saturated carbocycles. The first-order valence-electron chi connectivity index (χ1n) is 4.81. The van der Waals surface area contributed by atoms with Gasteiger partial charge in [-0.2, -0.15) is 4.37 Å². The van der Waals surface area contributed by atoms with Gasteiger partial charge in [-0.25, -0.2) is 0 Å². The highest BCUT2D eigenvalue weighted by Gasteiger charge is 2.16. The summed E-state index contributed by atoms with van der Waals surface area (Å²) in [4.78, 5) is 12.1. The number of nitrogens with one attached hydrogen (secondary N) is 1. The molecule has 2 rings (SSSR count). The van der Waals surface area contributed by atoms with Gasteiger partial charge in [-0.15, -0.1) is 0 Å². The molecule has 17 heavy (non-hydrogen) atoms. The second kappa shape index (κ2) is 5.49. The van der Waals surface area contributed by atoms with Gasteiger partial charge in [0.15, 0.2) is 5.15 Å². The Morgan fingerprint density at radius 1 is 1.29 bits per heavy atom. The summed E-state index contributed by atoms with van der Waals surface area (Å²) in [5, 5.41) is 3.14. The zero-order chi connectivity index (χ0) is 12.3. The Morgan fingerprint density at radius 2 is 2.00 bits per heavy atom. The van der Waals surface area contributed by atoms with Crippen molar-refractivity contribution in [3.05, 3.63) is 50.9 Å². The van der Waals surface area contributed by atoms with Crippen LogP contribution >= 0.6 is 34.7 Å². The lowest BCUT2D eigenvalue weighted by atomic mass is 10.2. The number of hydrogen-bond donors (Lipinski definition) is 1. The van der Waals surface area contributed by atoms with E-state index in [9.17, 15) is 4.79 Å². The van der Waals surface area contributed by atoms with Crippen LogP contribution in [0.5, 0.6) is 0 Å². The zero-order valence-electron chi connectivity index (χ0n) is 8.61. The maximum Gasteiger partial charge on any atom is 0.264 e. The number of aromatic nitrogens is 1. The van der Waals surface area contributed by atoms with Gasteiger partial charge in [0.1, 0.15) is 9.90 Å². The minimum Gasteiger partial charge on any atom is -0.347 e. The number of nitrogens with zero attached hydrogens (tertiary/aromatic N) is 1. The van der Waals surface area contributed by atoms with Crippen molar-refractivity contribution < 1.29 is 4.79 Å². The van der Waals surface area contributed by atoms with Crippen LogP contribution in [0.2, 0.25) is 10.2 Å². The molecule has 0 radical (unpaired) electrons. The third kappa shape index (κ3) is 2.97. The highest BCUT2D eigenvalue weighted by Crippen LogP contribution is 2.28. The fourth-order valence-corrected chi connectivity index (χ4v) is 2.39. The lowest BCUT2D eigenvalue weighted by Crippen LogP contribution is -2.22. The van der Waals surface area contributed by atoms with E-state index < -0.39 is 0 Å². The molecule has 88 valence electrons. The molecule has 1 N–H and O–H groups in total. The number of amides is 1. The Bertz CT molecular complexity index is 528. The first kappa shape index (κ1) is 12.4. The molecule has 2 aromatic rings. The molecule has 0 aliphatic heterocycles. The zero-order valence-corrected chi connectivity index (χ0v) is 10.9. The first-order valence-corrected chi connectivity index (χ1v) is 6.34. The van der Waals surface area contributed by atoms with Gasteiger partial charge in [-0.3, -0.25) is 4.79 Å². The summed E-state index contributed by atoms with van der Waals surface area (Å²) in [7, 11) is 0. The van der Waals surface area contributed by atoms with E-state index in [0.29, 0.717) is 11.4 Å². The number of rotatable bonds is 3. The average Bonchev–Trinajstić information content (AvgIpc) is 2.69. The maximum absolute atomic E-state index is 11.8. The van der Waals surface area contributed by atoms with E-state index in [2.05, 4.69) is 9.69 Å². The van der Waals surface area contributed by atoms with Gasteiger partial charge >= 0.3 is 0 Å². The van der Waals surface area contributed by atoms with Crippen molar-refractivity contribution in [3.8, 4) is 0 Å². The summed E-state index contributed by atoms with van der Waals surface area (Å²) in [6, 6.07) is 9.62. The third-order valence-electron chi connectivity index (χ3n) is 2.10. The van der Waals surface area contributed by atoms with Crippen LogP contribution in [0.1, 0.15) is 15.2 Å². The second-order valence-corrected chi connectivity index (χ2v) is 4.79. The highest BCUT2D eigenvalue weighted by molar-refractivity contribution is 7.09. The molecule has 0 bridgehead atoms. The fraction of sp³-hybridized carbons (Fsp3) is 0.0909. The van der Waals surface area contributed by atoms with Gasteiger partial charge < -0.3 is 5.32 Å². The van der Waals surface area contributed by atoms with Gasteiger partial charge in [0.25, 0.3) is 5.91 Å². The van der Waals surface area contributed by atoms with Gasteiger partial charge in [0.2, 0.25) is 0 Å². The molecular formula is C11H8Cl2N2OS. The van der Waals surface area contributed by atoms with Gasteiger partial charge in [0, 0.05) is 6.54 Å².